The zero-order chi connectivity index (χ0) is 30.2. The normalized spacial score (nSPS) is 14.2. The van der Waals surface area contributed by atoms with Crippen molar-refractivity contribution in [3.05, 3.63) is 140 Å². The smallest absolute Gasteiger partial charge is 0.242 e. The van der Waals surface area contributed by atoms with Crippen LogP contribution in [0.3, 0.4) is 0 Å². The van der Waals surface area contributed by atoms with E-state index in [-0.39, 0.29) is 6.71 Å². The van der Waals surface area contributed by atoms with Gasteiger partial charge in [-0.1, -0.05) is 151 Å². The van der Waals surface area contributed by atoms with E-state index in [1.54, 1.807) is 0 Å². The summed E-state index contributed by atoms with van der Waals surface area (Å²) in [7, 11) is 0. The first-order valence-electron chi connectivity index (χ1n) is 15.9. The standard InChI is InChI=1S/C40H33BN4/c1-28-16-6-5-15-25-45(40-43-38(29-17-7-2-8-18-29)42-39(44-40)30-19-9-3-10-20-30)37-27-34-32-23-13-14-24-35(32)41(36(34)26-33(28)37)31-21-11-4-12-22-31/h2-4,7-14,17-24,26-27H,1,5-6,15-16,25H2. The number of allylic oxidation sites excluding steroid dienone is 1. The van der Waals surface area contributed by atoms with E-state index in [4.69, 9.17) is 15.0 Å². The van der Waals surface area contributed by atoms with Gasteiger partial charge in [0.15, 0.2) is 11.6 Å². The number of nitrogens with zero attached hydrogens (tertiary/aromatic N) is 4. The second-order valence-electron chi connectivity index (χ2n) is 12.0. The molecule has 0 saturated heterocycles. The van der Waals surface area contributed by atoms with Crippen molar-refractivity contribution in [3.8, 4) is 33.9 Å². The van der Waals surface area contributed by atoms with Gasteiger partial charge < -0.3 is 4.90 Å². The molecule has 4 nitrogen and oxygen atoms in total. The average Bonchev–Trinajstić information content (AvgIpc) is 3.46. The molecule has 2 aliphatic heterocycles. The Hall–Kier alpha value is -5.29. The summed E-state index contributed by atoms with van der Waals surface area (Å²) in [6, 6.07) is 45.0. The minimum atomic E-state index is 0.183. The highest BCUT2D eigenvalue weighted by Crippen LogP contribution is 2.39. The van der Waals surface area contributed by atoms with Crippen molar-refractivity contribution in [1.29, 1.82) is 0 Å². The first kappa shape index (κ1) is 27.3. The van der Waals surface area contributed by atoms with Crippen LogP contribution >= 0.6 is 0 Å². The summed E-state index contributed by atoms with van der Waals surface area (Å²) in [6.07, 6.45) is 4.26. The molecule has 1 aromatic heterocycles. The van der Waals surface area contributed by atoms with Gasteiger partial charge in [0.2, 0.25) is 12.7 Å². The fourth-order valence-electron chi connectivity index (χ4n) is 6.92. The molecule has 0 aliphatic carbocycles. The molecule has 5 heteroatoms. The molecule has 8 rings (SSSR count). The van der Waals surface area contributed by atoms with Crippen LogP contribution in [0, 0.1) is 0 Å². The van der Waals surface area contributed by atoms with E-state index in [0.717, 1.165) is 49.0 Å². The SMILES string of the molecule is C=C1CCCCCN(c2nc(-c3ccccc3)nc(-c3ccccc3)n2)c2cc3c(cc21)B(c1ccccc1)c1ccccc1-3. The quantitative estimate of drug-likeness (QED) is 0.203. The fraction of sp³-hybridized carbons (Fsp3) is 0.125. The van der Waals surface area contributed by atoms with E-state index in [2.05, 4.69) is 102 Å². The molecule has 0 radical (unpaired) electrons. The molecule has 0 spiro atoms. The van der Waals surface area contributed by atoms with Crippen LogP contribution in [-0.4, -0.2) is 28.2 Å². The Bertz CT molecular complexity index is 1950. The Balaban J connectivity index is 1.35. The lowest BCUT2D eigenvalue weighted by atomic mass is 9.39. The molecule has 216 valence electrons. The maximum Gasteiger partial charge on any atom is 0.242 e. The number of hydrogen-bond donors (Lipinski definition) is 0. The third-order valence-electron chi connectivity index (χ3n) is 9.13. The maximum atomic E-state index is 5.15. The Kier molecular flexibility index (Phi) is 7.07. The van der Waals surface area contributed by atoms with Crippen molar-refractivity contribution in [2.45, 2.75) is 25.7 Å². The van der Waals surface area contributed by atoms with Crippen LogP contribution in [0.5, 0.6) is 0 Å². The van der Waals surface area contributed by atoms with Crippen LogP contribution < -0.4 is 21.3 Å². The molecule has 2 aliphatic rings. The number of benzene rings is 5. The number of fused-ring (bicyclic) bond motifs is 4. The summed E-state index contributed by atoms with van der Waals surface area (Å²) in [4.78, 5) is 17.6. The van der Waals surface area contributed by atoms with Gasteiger partial charge in [-0.15, -0.1) is 0 Å². The van der Waals surface area contributed by atoms with E-state index in [9.17, 15) is 0 Å². The monoisotopic (exact) mass is 580 g/mol. The van der Waals surface area contributed by atoms with Gasteiger partial charge in [0, 0.05) is 23.2 Å². The van der Waals surface area contributed by atoms with Gasteiger partial charge >= 0.3 is 0 Å². The van der Waals surface area contributed by atoms with Crippen molar-refractivity contribution < 1.29 is 0 Å². The molecular formula is C40H33BN4. The predicted molar refractivity (Wildman–Crippen MR) is 188 cm³/mol. The third kappa shape index (κ3) is 5.04. The fourth-order valence-corrected chi connectivity index (χ4v) is 6.92. The van der Waals surface area contributed by atoms with E-state index in [0.29, 0.717) is 17.6 Å². The lowest BCUT2D eigenvalue weighted by molar-refractivity contribution is 0.692. The van der Waals surface area contributed by atoms with Gasteiger partial charge in [0.1, 0.15) is 0 Å². The minimum absolute atomic E-state index is 0.183. The summed E-state index contributed by atoms with van der Waals surface area (Å²) in [5, 5.41) is 0. The lowest BCUT2D eigenvalue weighted by Crippen LogP contribution is -2.48. The Morgan fingerprint density at radius 1 is 0.556 bits per heavy atom. The molecule has 3 heterocycles. The van der Waals surface area contributed by atoms with Crippen LogP contribution in [0.15, 0.2) is 134 Å². The molecule has 45 heavy (non-hydrogen) atoms. The van der Waals surface area contributed by atoms with Crippen molar-refractivity contribution >= 4 is 40.3 Å². The third-order valence-corrected chi connectivity index (χ3v) is 9.13. The van der Waals surface area contributed by atoms with Crippen LogP contribution in [0.2, 0.25) is 0 Å². The molecule has 0 saturated carbocycles. The maximum absolute atomic E-state index is 5.15. The van der Waals surface area contributed by atoms with Crippen LogP contribution in [-0.2, 0) is 0 Å². The van der Waals surface area contributed by atoms with Crippen molar-refractivity contribution in [1.82, 2.24) is 15.0 Å². The second-order valence-corrected chi connectivity index (χ2v) is 12.0. The molecule has 0 atom stereocenters. The molecular weight excluding hydrogens is 547 g/mol. The number of rotatable bonds is 4. The number of hydrogen-bond acceptors (Lipinski definition) is 4. The highest BCUT2D eigenvalue weighted by molar-refractivity contribution is 6.99. The second kappa shape index (κ2) is 11.7. The van der Waals surface area contributed by atoms with Gasteiger partial charge in [-0.2, -0.15) is 9.97 Å². The van der Waals surface area contributed by atoms with Gasteiger partial charge in [0.25, 0.3) is 0 Å². The topological polar surface area (TPSA) is 41.9 Å². The highest BCUT2D eigenvalue weighted by atomic mass is 15.3. The zero-order valence-electron chi connectivity index (χ0n) is 25.2. The highest BCUT2D eigenvalue weighted by Gasteiger charge is 2.35. The molecule has 0 fully saturated rings. The minimum Gasteiger partial charge on any atom is -0.310 e. The average molecular weight is 581 g/mol. The lowest BCUT2D eigenvalue weighted by Gasteiger charge is -2.27. The predicted octanol–water partition coefficient (Wildman–Crippen LogP) is 7.43. The van der Waals surface area contributed by atoms with Gasteiger partial charge in [0.05, 0.1) is 5.69 Å². The molecule has 0 amide bonds. The van der Waals surface area contributed by atoms with Crippen LogP contribution in [0.25, 0.3) is 39.5 Å². The summed E-state index contributed by atoms with van der Waals surface area (Å²) in [5.41, 5.74) is 12.0. The van der Waals surface area contributed by atoms with Crippen molar-refractivity contribution in [3.63, 3.8) is 0 Å². The van der Waals surface area contributed by atoms with Crippen molar-refractivity contribution in [2.24, 2.45) is 0 Å². The van der Waals surface area contributed by atoms with E-state index in [1.165, 1.54) is 38.7 Å². The summed E-state index contributed by atoms with van der Waals surface area (Å²) in [6.45, 7) is 5.65. The van der Waals surface area contributed by atoms with E-state index in [1.807, 2.05) is 36.4 Å². The summed E-state index contributed by atoms with van der Waals surface area (Å²) >= 11 is 0. The summed E-state index contributed by atoms with van der Waals surface area (Å²) in [5.74, 6) is 2.02. The van der Waals surface area contributed by atoms with Gasteiger partial charge in [-0.05, 0) is 42.0 Å². The first-order valence-corrected chi connectivity index (χ1v) is 15.9. The Morgan fingerprint density at radius 2 is 1.18 bits per heavy atom. The Labute approximate surface area is 265 Å². The molecule has 5 aromatic carbocycles. The molecule has 0 N–H and O–H groups in total. The zero-order valence-corrected chi connectivity index (χ0v) is 25.2. The van der Waals surface area contributed by atoms with Crippen LogP contribution in [0.4, 0.5) is 11.6 Å². The first-order chi connectivity index (χ1) is 22.2. The molecule has 0 unspecified atom stereocenters. The van der Waals surface area contributed by atoms with E-state index < -0.39 is 0 Å². The van der Waals surface area contributed by atoms with Gasteiger partial charge in [-0.25, -0.2) is 4.98 Å². The molecule has 6 aromatic rings. The number of aromatic nitrogens is 3. The number of anilines is 2. The largest absolute Gasteiger partial charge is 0.310 e. The Morgan fingerprint density at radius 3 is 1.87 bits per heavy atom. The van der Waals surface area contributed by atoms with Crippen LogP contribution in [0.1, 0.15) is 31.2 Å². The van der Waals surface area contributed by atoms with Crippen molar-refractivity contribution in [2.75, 3.05) is 11.4 Å². The van der Waals surface area contributed by atoms with E-state index >= 15 is 0 Å². The summed E-state index contributed by atoms with van der Waals surface area (Å²) < 4.78 is 0. The molecule has 0 bridgehead atoms. The van der Waals surface area contributed by atoms with Gasteiger partial charge in [-0.3, -0.25) is 0 Å².